The van der Waals surface area contributed by atoms with Crippen molar-refractivity contribution in [2.75, 3.05) is 0 Å². The summed E-state index contributed by atoms with van der Waals surface area (Å²) in [6.45, 7) is 0. The quantitative estimate of drug-likeness (QED) is 0.657. The van der Waals surface area contributed by atoms with Crippen LogP contribution in [-0.2, 0) is 9.84 Å². The van der Waals surface area contributed by atoms with Crippen LogP contribution in [0.25, 0.3) is 0 Å². The minimum absolute atomic E-state index is 0.117. The molecule has 96 valence electrons. The van der Waals surface area contributed by atoms with Crippen LogP contribution in [0.5, 0.6) is 0 Å². The number of nitrogens with zero attached hydrogens (tertiary/aromatic N) is 1. The lowest BCUT2D eigenvalue weighted by Gasteiger charge is -2.22. The molecule has 0 aliphatic heterocycles. The SMILES string of the molecule is O=S(=O)(c1ccccc1)[C@@H]1/C(=N/O)[C@H]2CC[C@H]1C2. The largest absolute Gasteiger partial charge is 0.411 e. The fourth-order valence-corrected chi connectivity index (χ4v) is 5.48. The lowest BCUT2D eigenvalue weighted by atomic mass is 9.98. The second kappa shape index (κ2) is 4.09. The topological polar surface area (TPSA) is 66.7 Å². The van der Waals surface area contributed by atoms with E-state index < -0.39 is 15.1 Å². The number of hydrogen-bond donors (Lipinski definition) is 1. The Morgan fingerprint density at radius 3 is 2.56 bits per heavy atom. The molecular formula is C13H15NO3S. The van der Waals surface area contributed by atoms with Gasteiger partial charge < -0.3 is 5.21 Å². The van der Waals surface area contributed by atoms with E-state index in [9.17, 15) is 8.42 Å². The summed E-state index contributed by atoms with van der Waals surface area (Å²) < 4.78 is 25.2. The van der Waals surface area contributed by atoms with Crippen molar-refractivity contribution in [3.05, 3.63) is 30.3 Å². The maximum absolute atomic E-state index is 12.6. The van der Waals surface area contributed by atoms with E-state index in [1.165, 1.54) is 0 Å². The van der Waals surface area contributed by atoms with Crippen molar-refractivity contribution in [3.8, 4) is 0 Å². The van der Waals surface area contributed by atoms with Gasteiger partial charge in [0, 0.05) is 5.92 Å². The summed E-state index contributed by atoms with van der Waals surface area (Å²) in [5.74, 6) is 0.273. The Morgan fingerprint density at radius 1 is 1.17 bits per heavy atom. The predicted molar refractivity (Wildman–Crippen MR) is 67.5 cm³/mol. The molecule has 0 aromatic heterocycles. The number of rotatable bonds is 2. The summed E-state index contributed by atoms with van der Waals surface area (Å²) >= 11 is 0. The summed E-state index contributed by atoms with van der Waals surface area (Å²) in [4.78, 5) is 0.323. The number of fused-ring (bicyclic) bond motifs is 2. The molecule has 1 aromatic carbocycles. The van der Waals surface area contributed by atoms with Gasteiger partial charge in [0.1, 0.15) is 5.25 Å². The van der Waals surface area contributed by atoms with Crippen LogP contribution in [0, 0.1) is 11.8 Å². The third kappa shape index (κ3) is 1.57. The van der Waals surface area contributed by atoms with Crippen molar-refractivity contribution < 1.29 is 13.6 Å². The first-order valence-electron chi connectivity index (χ1n) is 6.15. The van der Waals surface area contributed by atoms with Crippen molar-refractivity contribution in [2.24, 2.45) is 17.0 Å². The number of hydrogen-bond acceptors (Lipinski definition) is 4. The van der Waals surface area contributed by atoms with Crippen LogP contribution in [0.4, 0.5) is 0 Å². The van der Waals surface area contributed by atoms with Crippen molar-refractivity contribution in [3.63, 3.8) is 0 Å². The second-order valence-corrected chi connectivity index (χ2v) is 7.14. The standard InChI is InChI=1S/C13H15NO3S/c15-14-12-9-6-7-10(8-9)13(12)18(16,17)11-4-2-1-3-5-11/h1-5,9-10,13,15H,6-8H2/b14-12+/t9-,10-,13-/m0/s1. The van der Waals surface area contributed by atoms with Gasteiger partial charge in [0.2, 0.25) is 0 Å². The highest BCUT2D eigenvalue weighted by Gasteiger charge is 2.51. The Bertz CT molecular complexity index is 580. The molecule has 2 bridgehead atoms. The van der Waals surface area contributed by atoms with E-state index in [2.05, 4.69) is 5.16 Å². The van der Waals surface area contributed by atoms with Gasteiger partial charge in [-0.25, -0.2) is 8.42 Å². The number of sulfone groups is 1. The molecule has 2 aliphatic carbocycles. The predicted octanol–water partition coefficient (Wildman–Crippen LogP) is 2.09. The molecule has 18 heavy (non-hydrogen) atoms. The number of oxime groups is 1. The van der Waals surface area contributed by atoms with Gasteiger partial charge in [-0.1, -0.05) is 23.4 Å². The maximum atomic E-state index is 12.6. The molecule has 0 spiro atoms. The first-order valence-corrected chi connectivity index (χ1v) is 7.70. The van der Waals surface area contributed by atoms with Gasteiger partial charge in [-0.3, -0.25) is 0 Å². The lowest BCUT2D eigenvalue weighted by molar-refractivity contribution is 0.313. The van der Waals surface area contributed by atoms with E-state index in [0.717, 1.165) is 19.3 Å². The Hall–Kier alpha value is -1.36. The summed E-state index contributed by atoms with van der Waals surface area (Å²) in [7, 11) is -3.42. The minimum Gasteiger partial charge on any atom is -0.411 e. The first-order chi connectivity index (χ1) is 8.64. The van der Waals surface area contributed by atoms with Crippen LogP contribution in [0.1, 0.15) is 19.3 Å². The molecular weight excluding hydrogens is 250 g/mol. The molecule has 0 saturated heterocycles. The molecule has 0 radical (unpaired) electrons. The van der Waals surface area contributed by atoms with Gasteiger partial charge in [0.15, 0.2) is 9.84 Å². The van der Waals surface area contributed by atoms with Crippen molar-refractivity contribution in [2.45, 2.75) is 29.4 Å². The highest BCUT2D eigenvalue weighted by Crippen LogP contribution is 2.46. The molecule has 5 heteroatoms. The Balaban J connectivity index is 2.05. The van der Waals surface area contributed by atoms with Crippen molar-refractivity contribution in [1.29, 1.82) is 0 Å². The summed E-state index contributed by atoms with van der Waals surface area (Å²) in [5.41, 5.74) is 0.468. The van der Waals surface area contributed by atoms with Crippen LogP contribution in [0.3, 0.4) is 0 Å². The summed E-state index contributed by atoms with van der Waals surface area (Å²) in [6, 6.07) is 8.44. The third-order valence-electron chi connectivity index (χ3n) is 4.13. The van der Waals surface area contributed by atoms with Crippen LogP contribution >= 0.6 is 0 Å². The third-order valence-corrected chi connectivity index (χ3v) is 6.36. The van der Waals surface area contributed by atoms with E-state index in [-0.39, 0.29) is 11.8 Å². The average Bonchev–Trinajstić information content (AvgIpc) is 2.99. The van der Waals surface area contributed by atoms with Crippen molar-refractivity contribution in [1.82, 2.24) is 0 Å². The van der Waals surface area contributed by atoms with Gasteiger partial charge in [-0.05, 0) is 37.3 Å². The van der Waals surface area contributed by atoms with Gasteiger partial charge >= 0.3 is 0 Å². The summed E-state index contributed by atoms with van der Waals surface area (Å²) in [5, 5.41) is 11.8. The zero-order chi connectivity index (χ0) is 12.8. The molecule has 2 fully saturated rings. The molecule has 1 N–H and O–H groups in total. The Labute approximate surface area is 106 Å². The highest BCUT2D eigenvalue weighted by atomic mass is 32.2. The van der Waals surface area contributed by atoms with Crippen LogP contribution in [-0.4, -0.2) is 24.6 Å². The monoisotopic (exact) mass is 265 g/mol. The van der Waals surface area contributed by atoms with E-state index in [1.807, 2.05) is 0 Å². The summed E-state index contributed by atoms with van der Waals surface area (Å²) in [6.07, 6.45) is 2.71. The van der Waals surface area contributed by atoms with Crippen LogP contribution < -0.4 is 0 Å². The van der Waals surface area contributed by atoms with Crippen LogP contribution in [0.15, 0.2) is 40.4 Å². The van der Waals surface area contributed by atoms with Crippen LogP contribution in [0.2, 0.25) is 0 Å². The van der Waals surface area contributed by atoms with Gasteiger partial charge in [0.25, 0.3) is 0 Å². The zero-order valence-corrected chi connectivity index (χ0v) is 10.7. The highest BCUT2D eigenvalue weighted by molar-refractivity contribution is 7.92. The minimum atomic E-state index is -3.42. The van der Waals surface area contributed by atoms with E-state index >= 15 is 0 Å². The molecule has 0 heterocycles. The Morgan fingerprint density at radius 2 is 1.89 bits per heavy atom. The smallest absolute Gasteiger partial charge is 0.187 e. The molecule has 3 atom stereocenters. The average molecular weight is 265 g/mol. The normalized spacial score (nSPS) is 33.1. The molecule has 1 aromatic rings. The van der Waals surface area contributed by atoms with Crippen molar-refractivity contribution >= 4 is 15.5 Å². The van der Waals surface area contributed by atoms with E-state index in [0.29, 0.717) is 10.6 Å². The molecule has 0 unspecified atom stereocenters. The number of benzene rings is 1. The van der Waals surface area contributed by atoms with Gasteiger partial charge in [0.05, 0.1) is 10.6 Å². The first kappa shape index (κ1) is 11.7. The molecule has 4 nitrogen and oxygen atoms in total. The Kier molecular flexibility index (Phi) is 2.66. The second-order valence-electron chi connectivity index (χ2n) is 5.07. The fourth-order valence-electron chi connectivity index (χ4n) is 3.34. The molecule has 0 amide bonds. The van der Waals surface area contributed by atoms with Gasteiger partial charge in [-0.2, -0.15) is 0 Å². The lowest BCUT2D eigenvalue weighted by Crippen LogP contribution is -2.35. The van der Waals surface area contributed by atoms with Gasteiger partial charge in [-0.15, -0.1) is 0 Å². The van der Waals surface area contributed by atoms with E-state index in [1.54, 1.807) is 30.3 Å². The molecule has 2 saturated carbocycles. The van der Waals surface area contributed by atoms with E-state index in [4.69, 9.17) is 5.21 Å². The maximum Gasteiger partial charge on any atom is 0.187 e. The molecule has 3 rings (SSSR count). The molecule has 2 aliphatic rings. The zero-order valence-electron chi connectivity index (χ0n) is 9.86. The fraction of sp³-hybridized carbons (Fsp3) is 0.462.